The maximum absolute atomic E-state index is 12.2. The third-order valence-electron chi connectivity index (χ3n) is 3.27. The van der Waals surface area contributed by atoms with Gasteiger partial charge < -0.3 is 10.4 Å². The summed E-state index contributed by atoms with van der Waals surface area (Å²) >= 11 is -0.147. The molecular weight excluding hydrogens is 309 g/mol. The van der Waals surface area contributed by atoms with Gasteiger partial charge in [0.15, 0.2) is 5.69 Å². The average Bonchev–Trinajstić information content (AvgIpc) is 2.82. The number of nitrogens with one attached hydrogen (secondary N) is 1. The van der Waals surface area contributed by atoms with Gasteiger partial charge in [-0.3, -0.25) is 0 Å². The predicted molar refractivity (Wildman–Crippen MR) is 70.3 cm³/mol. The van der Waals surface area contributed by atoms with Gasteiger partial charge in [0.2, 0.25) is 0 Å². The number of carboxylic acid groups (broad SMARTS) is 1. The number of hydrogen-bond donors (Lipinski definition) is 2. The second-order valence-electron chi connectivity index (χ2n) is 4.67. The van der Waals surface area contributed by atoms with Gasteiger partial charge in [-0.1, -0.05) is 5.21 Å². The van der Waals surface area contributed by atoms with Crippen molar-refractivity contribution in [1.29, 1.82) is 0 Å². The van der Waals surface area contributed by atoms with Gasteiger partial charge in [-0.05, 0) is 37.7 Å². The number of rotatable bonds is 5. The van der Waals surface area contributed by atoms with Crippen molar-refractivity contribution in [3.8, 4) is 0 Å². The summed E-state index contributed by atoms with van der Waals surface area (Å²) in [5, 5.41) is 19.6. The molecule has 118 valence electrons. The van der Waals surface area contributed by atoms with Crippen LogP contribution in [-0.2, 0) is 6.54 Å². The van der Waals surface area contributed by atoms with E-state index in [1.54, 1.807) is 0 Å². The van der Waals surface area contributed by atoms with Gasteiger partial charge in [0.05, 0.1) is 12.2 Å². The minimum Gasteiger partial charge on any atom is -0.476 e. The molecule has 0 bridgehead atoms. The van der Waals surface area contributed by atoms with Crippen LogP contribution >= 0.6 is 11.8 Å². The van der Waals surface area contributed by atoms with Crippen LogP contribution in [0.5, 0.6) is 0 Å². The number of halogens is 3. The van der Waals surface area contributed by atoms with Crippen LogP contribution in [0.3, 0.4) is 0 Å². The highest BCUT2D eigenvalue weighted by Crippen LogP contribution is 2.31. The molecule has 0 radical (unpaired) electrons. The molecule has 2 N–H and O–H groups in total. The van der Waals surface area contributed by atoms with Gasteiger partial charge in [-0.15, -0.1) is 5.10 Å². The normalized spacial score (nSPS) is 17.1. The molecule has 1 aliphatic heterocycles. The maximum Gasteiger partial charge on any atom is 0.441 e. The van der Waals surface area contributed by atoms with E-state index in [0.717, 1.165) is 25.9 Å². The SMILES string of the molecule is O=C(O)c1nnn(CCSC(F)(F)F)c1C1CCNCC1. The van der Waals surface area contributed by atoms with Crippen molar-refractivity contribution in [3.05, 3.63) is 11.4 Å². The van der Waals surface area contributed by atoms with Crippen molar-refractivity contribution < 1.29 is 23.1 Å². The Kier molecular flexibility index (Phi) is 5.09. The molecule has 2 heterocycles. The molecular formula is C11H15F3N4O2S. The molecule has 2 rings (SSSR count). The molecule has 21 heavy (non-hydrogen) atoms. The molecule has 1 aromatic rings. The van der Waals surface area contributed by atoms with E-state index >= 15 is 0 Å². The summed E-state index contributed by atoms with van der Waals surface area (Å²) in [4.78, 5) is 11.2. The molecule has 0 atom stereocenters. The lowest BCUT2D eigenvalue weighted by Gasteiger charge is -2.23. The number of aromatic nitrogens is 3. The molecule has 0 aromatic carbocycles. The quantitative estimate of drug-likeness (QED) is 0.858. The fraction of sp³-hybridized carbons (Fsp3) is 0.727. The topological polar surface area (TPSA) is 80.0 Å². The summed E-state index contributed by atoms with van der Waals surface area (Å²) in [7, 11) is 0. The van der Waals surface area contributed by atoms with Crippen LogP contribution in [0.2, 0.25) is 0 Å². The van der Waals surface area contributed by atoms with Crippen LogP contribution in [0.15, 0.2) is 0 Å². The van der Waals surface area contributed by atoms with Crippen molar-refractivity contribution >= 4 is 17.7 Å². The number of alkyl halides is 3. The first-order valence-corrected chi connectivity index (χ1v) is 7.45. The number of thioether (sulfide) groups is 1. The van der Waals surface area contributed by atoms with Crippen LogP contribution in [0.4, 0.5) is 13.2 Å². The Morgan fingerprint density at radius 1 is 1.43 bits per heavy atom. The van der Waals surface area contributed by atoms with Gasteiger partial charge in [0.25, 0.3) is 0 Å². The van der Waals surface area contributed by atoms with E-state index in [1.807, 2.05) is 0 Å². The van der Waals surface area contributed by atoms with E-state index in [1.165, 1.54) is 4.68 Å². The smallest absolute Gasteiger partial charge is 0.441 e. The second-order valence-corrected chi connectivity index (χ2v) is 5.83. The summed E-state index contributed by atoms with van der Waals surface area (Å²) in [6.07, 6.45) is 1.44. The van der Waals surface area contributed by atoms with E-state index < -0.39 is 11.5 Å². The average molecular weight is 324 g/mol. The first kappa shape index (κ1) is 16.1. The van der Waals surface area contributed by atoms with Crippen LogP contribution in [0.25, 0.3) is 0 Å². The first-order valence-electron chi connectivity index (χ1n) is 6.46. The summed E-state index contributed by atoms with van der Waals surface area (Å²) in [5.41, 5.74) is -4.02. The first-order chi connectivity index (χ1) is 9.88. The van der Waals surface area contributed by atoms with Crippen molar-refractivity contribution in [2.75, 3.05) is 18.8 Å². The summed E-state index contributed by atoms with van der Waals surface area (Å²) in [6, 6.07) is 0. The highest BCUT2D eigenvalue weighted by atomic mass is 32.2. The Bertz CT molecular complexity index is 500. The highest BCUT2D eigenvalue weighted by Gasteiger charge is 2.30. The summed E-state index contributed by atoms with van der Waals surface area (Å²) < 4.78 is 37.8. The van der Waals surface area contributed by atoms with E-state index in [2.05, 4.69) is 15.6 Å². The molecule has 1 aromatic heterocycles. The summed E-state index contributed by atoms with van der Waals surface area (Å²) in [6.45, 7) is 1.47. The third kappa shape index (κ3) is 4.34. The van der Waals surface area contributed by atoms with Gasteiger partial charge in [0, 0.05) is 11.7 Å². The minimum atomic E-state index is -4.30. The Balaban J connectivity index is 2.14. The fourth-order valence-corrected chi connectivity index (χ4v) is 2.88. The van der Waals surface area contributed by atoms with Crippen molar-refractivity contribution in [2.24, 2.45) is 0 Å². The van der Waals surface area contributed by atoms with E-state index in [0.29, 0.717) is 5.69 Å². The van der Waals surface area contributed by atoms with Crippen LogP contribution in [0.1, 0.15) is 34.9 Å². The van der Waals surface area contributed by atoms with E-state index in [-0.39, 0.29) is 35.7 Å². The van der Waals surface area contributed by atoms with E-state index in [9.17, 15) is 18.0 Å². The number of aromatic carboxylic acids is 1. The Hall–Kier alpha value is -1.29. The predicted octanol–water partition coefficient (Wildman–Crippen LogP) is 1.70. The Labute approximate surface area is 123 Å². The zero-order chi connectivity index (χ0) is 15.5. The Morgan fingerprint density at radius 3 is 2.67 bits per heavy atom. The third-order valence-corrected chi connectivity index (χ3v) is 3.98. The molecule has 0 aliphatic carbocycles. The minimum absolute atomic E-state index is 0.0102. The fourth-order valence-electron chi connectivity index (χ4n) is 2.39. The molecule has 1 aliphatic rings. The van der Waals surface area contributed by atoms with E-state index in [4.69, 9.17) is 5.11 Å². The molecule has 10 heteroatoms. The number of carbonyl (C=O) groups is 1. The monoisotopic (exact) mass is 324 g/mol. The largest absolute Gasteiger partial charge is 0.476 e. The number of hydrogen-bond acceptors (Lipinski definition) is 5. The van der Waals surface area contributed by atoms with Crippen LogP contribution < -0.4 is 5.32 Å². The van der Waals surface area contributed by atoms with Crippen molar-refractivity contribution in [2.45, 2.75) is 30.8 Å². The zero-order valence-electron chi connectivity index (χ0n) is 11.1. The number of nitrogens with zero attached hydrogens (tertiary/aromatic N) is 3. The molecule has 0 spiro atoms. The molecule has 0 saturated carbocycles. The molecule has 1 fully saturated rings. The Morgan fingerprint density at radius 2 is 2.10 bits per heavy atom. The van der Waals surface area contributed by atoms with Crippen LogP contribution in [-0.4, -0.2) is 50.4 Å². The number of piperidine rings is 1. The number of carboxylic acids is 1. The summed E-state index contributed by atoms with van der Waals surface area (Å²) in [5.74, 6) is -1.45. The van der Waals surface area contributed by atoms with Gasteiger partial charge in [0.1, 0.15) is 0 Å². The van der Waals surface area contributed by atoms with Gasteiger partial charge >= 0.3 is 11.5 Å². The highest BCUT2D eigenvalue weighted by molar-refractivity contribution is 8.00. The van der Waals surface area contributed by atoms with Gasteiger partial charge in [-0.25, -0.2) is 9.48 Å². The maximum atomic E-state index is 12.2. The lowest BCUT2D eigenvalue weighted by molar-refractivity contribution is -0.0328. The second kappa shape index (κ2) is 6.65. The lowest BCUT2D eigenvalue weighted by Crippen LogP contribution is -2.29. The van der Waals surface area contributed by atoms with Crippen molar-refractivity contribution in [1.82, 2.24) is 20.3 Å². The lowest BCUT2D eigenvalue weighted by atomic mass is 9.93. The molecule has 6 nitrogen and oxygen atoms in total. The molecule has 0 unspecified atom stereocenters. The molecule has 0 amide bonds. The zero-order valence-corrected chi connectivity index (χ0v) is 11.9. The van der Waals surface area contributed by atoms with Crippen molar-refractivity contribution in [3.63, 3.8) is 0 Å². The van der Waals surface area contributed by atoms with Gasteiger partial charge in [-0.2, -0.15) is 13.2 Å². The standard InChI is InChI=1S/C11H15F3N4O2S/c12-11(13,14)21-6-5-18-9(7-1-3-15-4-2-7)8(10(19)20)16-17-18/h7,15H,1-6H2,(H,19,20). The van der Waals surface area contributed by atoms with Crippen LogP contribution in [0, 0.1) is 0 Å². The number of aryl methyl sites for hydroxylation is 1. The molecule has 1 saturated heterocycles.